The van der Waals surface area contributed by atoms with E-state index in [1.807, 2.05) is 11.3 Å². The van der Waals surface area contributed by atoms with E-state index in [0.29, 0.717) is 0 Å². The molecule has 1 heteroatoms. The minimum atomic E-state index is 1.11. The van der Waals surface area contributed by atoms with E-state index in [-0.39, 0.29) is 0 Å². The van der Waals surface area contributed by atoms with Crippen molar-refractivity contribution in [3.63, 3.8) is 0 Å². The van der Waals surface area contributed by atoms with Crippen LogP contribution in [0.25, 0.3) is 16.2 Å². The second-order valence-corrected chi connectivity index (χ2v) is 5.11. The van der Waals surface area contributed by atoms with Crippen LogP contribution in [0.1, 0.15) is 36.3 Å². The number of aryl methyl sites for hydroxylation is 2. The molecule has 2 rings (SSSR count). The van der Waals surface area contributed by atoms with E-state index in [1.165, 1.54) is 26.1 Å². The molecule has 1 heterocycles. The SMILES string of the molecule is CC/C=C\c1sc2c(C)cccc2c1CC. The minimum Gasteiger partial charge on any atom is -0.135 e. The van der Waals surface area contributed by atoms with Gasteiger partial charge in [-0.2, -0.15) is 0 Å². The number of allylic oxidation sites excluding steroid dienone is 1. The molecule has 0 unspecified atom stereocenters. The molecule has 0 fully saturated rings. The van der Waals surface area contributed by atoms with Gasteiger partial charge in [0.25, 0.3) is 0 Å². The molecule has 0 saturated carbocycles. The Kier molecular flexibility index (Phi) is 3.45. The van der Waals surface area contributed by atoms with Gasteiger partial charge in [-0.1, -0.05) is 38.1 Å². The van der Waals surface area contributed by atoms with Crippen molar-refractivity contribution in [1.29, 1.82) is 0 Å². The van der Waals surface area contributed by atoms with Gasteiger partial charge >= 0.3 is 0 Å². The fourth-order valence-electron chi connectivity index (χ4n) is 2.05. The molecule has 0 amide bonds. The average molecular weight is 230 g/mol. The summed E-state index contributed by atoms with van der Waals surface area (Å²) in [6, 6.07) is 6.61. The Balaban J connectivity index is 2.66. The van der Waals surface area contributed by atoms with Crippen molar-refractivity contribution >= 4 is 27.5 Å². The maximum Gasteiger partial charge on any atom is 0.0381 e. The van der Waals surface area contributed by atoms with Gasteiger partial charge in [0, 0.05) is 9.58 Å². The summed E-state index contributed by atoms with van der Waals surface area (Å²) in [7, 11) is 0. The van der Waals surface area contributed by atoms with Gasteiger partial charge in [-0.15, -0.1) is 11.3 Å². The van der Waals surface area contributed by atoms with E-state index in [0.717, 1.165) is 12.8 Å². The molecule has 0 aliphatic heterocycles. The van der Waals surface area contributed by atoms with Crippen LogP contribution >= 0.6 is 11.3 Å². The molecular weight excluding hydrogens is 212 g/mol. The molecule has 0 saturated heterocycles. The maximum atomic E-state index is 2.28. The molecule has 1 aromatic heterocycles. The lowest BCUT2D eigenvalue weighted by Gasteiger charge is -1.97. The Bertz CT molecular complexity index is 517. The predicted octanol–water partition coefficient (Wildman–Crippen LogP) is 5.20. The van der Waals surface area contributed by atoms with E-state index < -0.39 is 0 Å². The number of hydrogen-bond donors (Lipinski definition) is 0. The van der Waals surface area contributed by atoms with Crippen molar-refractivity contribution in [2.24, 2.45) is 0 Å². The molecule has 0 N–H and O–H groups in total. The fraction of sp³-hybridized carbons (Fsp3) is 0.333. The first-order valence-corrected chi connectivity index (χ1v) is 6.77. The highest BCUT2D eigenvalue weighted by atomic mass is 32.1. The molecule has 2 aromatic rings. The van der Waals surface area contributed by atoms with Crippen LogP contribution in [-0.2, 0) is 6.42 Å². The van der Waals surface area contributed by atoms with Crippen molar-refractivity contribution in [2.75, 3.05) is 0 Å². The monoisotopic (exact) mass is 230 g/mol. The van der Waals surface area contributed by atoms with Crippen LogP contribution in [0.5, 0.6) is 0 Å². The Morgan fingerprint density at radius 1 is 1.25 bits per heavy atom. The van der Waals surface area contributed by atoms with Crippen LogP contribution in [0.2, 0.25) is 0 Å². The van der Waals surface area contributed by atoms with E-state index >= 15 is 0 Å². The standard InChI is InChI=1S/C15H18S/c1-4-6-10-14-12(5-2)13-9-7-8-11(3)15(13)16-14/h6-10H,4-5H2,1-3H3/b10-6-. The Hall–Kier alpha value is -1.08. The van der Waals surface area contributed by atoms with E-state index in [1.54, 1.807) is 0 Å². The zero-order chi connectivity index (χ0) is 11.5. The van der Waals surface area contributed by atoms with E-state index in [2.05, 4.69) is 51.1 Å². The first kappa shape index (κ1) is 11.4. The highest BCUT2D eigenvalue weighted by molar-refractivity contribution is 7.20. The lowest BCUT2D eigenvalue weighted by atomic mass is 10.1. The second-order valence-electron chi connectivity index (χ2n) is 4.06. The number of fused-ring (bicyclic) bond motifs is 1. The van der Waals surface area contributed by atoms with Gasteiger partial charge < -0.3 is 0 Å². The number of benzene rings is 1. The van der Waals surface area contributed by atoms with Crippen molar-refractivity contribution < 1.29 is 0 Å². The van der Waals surface area contributed by atoms with Crippen molar-refractivity contribution in [1.82, 2.24) is 0 Å². The average Bonchev–Trinajstić information content (AvgIpc) is 2.65. The summed E-state index contributed by atoms with van der Waals surface area (Å²) in [5, 5.41) is 1.45. The summed E-state index contributed by atoms with van der Waals surface area (Å²) in [6.45, 7) is 6.62. The molecule has 0 radical (unpaired) electrons. The molecule has 0 aliphatic rings. The Labute approximate surface area is 102 Å². The van der Waals surface area contributed by atoms with Crippen LogP contribution in [0.15, 0.2) is 24.3 Å². The quantitative estimate of drug-likeness (QED) is 0.680. The van der Waals surface area contributed by atoms with Gasteiger partial charge in [0.05, 0.1) is 0 Å². The highest BCUT2D eigenvalue weighted by Gasteiger charge is 2.09. The number of thiophene rings is 1. The smallest absolute Gasteiger partial charge is 0.0381 e. The highest BCUT2D eigenvalue weighted by Crippen LogP contribution is 2.34. The molecule has 0 nitrogen and oxygen atoms in total. The van der Waals surface area contributed by atoms with Gasteiger partial charge in [-0.3, -0.25) is 0 Å². The molecule has 0 atom stereocenters. The molecule has 1 aromatic carbocycles. The van der Waals surface area contributed by atoms with Crippen LogP contribution in [0, 0.1) is 6.92 Å². The lowest BCUT2D eigenvalue weighted by Crippen LogP contribution is -1.80. The summed E-state index contributed by atoms with van der Waals surface area (Å²) < 4.78 is 1.45. The number of hydrogen-bond acceptors (Lipinski definition) is 1. The third kappa shape index (κ3) is 1.92. The first-order valence-electron chi connectivity index (χ1n) is 5.95. The van der Waals surface area contributed by atoms with Crippen LogP contribution in [0.3, 0.4) is 0 Å². The van der Waals surface area contributed by atoms with E-state index in [4.69, 9.17) is 0 Å². The van der Waals surface area contributed by atoms with Gasteiger partial charge in [0.15, 0.2) is 0 Å². The Morgan fingerprint density at radius 2 is 2.06 bits per heavy atom. The normalized spacial score (nSPS) is 11.7. The molecule has 0 aliphatic carbocycles. The molecular formula is C15H18S. The molecule has 0 bridgehead atoms. The van der Waals surface area contributed by atoms with Crippen LogP contribution in [-0.4, -0.2) is 0 Å². The van der Waals surface area contributed by atoms with Gasteiger partial charge in [-0.25, -0.2) is 0 Å². The summed E-state index contributed by atoms with van der Waals surface area (Å²) >= 11 is 1.93. The molecule has 16 heavy (non-hydrogen) atoms. The van der Waals surface area contributed by atoms with Gasteiger partial charge in [-0.05, 0) is 42.4 Å². The second kappa shape index (κ2) is 4.84. The maximum absolute atomic E-state index is 2.28. The summed E-state index contributed by atoms with van der Waals surface area (Å²) in [5.74, 6) is 0. The van der Waals surface area contributed by atoms with Crippen molar-refractivity contribution in [3.8, 4) is 0 Å². The zero-order valence-corrected chi connectivity index (χ0v) is 11.0. The van der Waals surface area contributed by atoms with Gasteiger partial charge in [0.1, 0.15) is 0 Å². The summed E-state index contributed by atoms with van der Waals surface area (Å²) in [6.07, 6.45) is 6.76. The topological polar surface area (TPSA) is 0 Å². The summed E-state index contributed by atoms with van der Waals surface area (Å²) in [4.78, 5) is 1.44. The predicted molar refractivity (Wildman–Crippen MR) is 75.3 cm³/mol. The first-order chi connectivity index (χ1) is 7.77. The van der Waals surface area contributed by atoms with E-state index in [9.17, 15) is 0 Å². The van der Waals surface area contributed by atoms with Crippen molar-refractivity contribution in [2.45, 2.75) is 33.6 Å². The molecule has 0 spiro atoms. The molecule has 84 valence electrons. The Morgan fingerprint density at radius 3 is 2.75 bits per heavy atom. The number of rotatable bonds is 3. The minimum absolute atomic E-state index is 1.11. The third-order valence-corrected chi connectivity index (χ3v) is 4.25. The lowest BCUT2D eigenvalue weighted by molar-refractivity contribution is 1.16. The van der Waals surface area contributed by atoms with Crippen LogP contribution in [0.4, 0.5) is 0 Å². The largest absolute Gasteiger partial charge is 0.135 e. The summed E-state index contributed by atoms with van der Waals surface area (Å²) in [5.41, 5.74) is 2.90. The van der Waals surface area contributed by atoms with Crippen molar-refractivity contribution in [3.05, 3.63) is 40.3 Å². The van der Waals surface area contributed by atoms with Crippen LogP contribution < -0.4 is 0 Å². The van der Waals surface area contributed by atoms with Gasteiger partial charge in [0.2, 0.25) is 0 Å². The third-order valence-electron chi connectivity index (χ3n) is 2.90. The fourth-order valence-corrected chi connectivity index (χ4v) is 3.35. The zero-order valence-electron chi connectivity index (χ0n) is 10.2.